The average molecular weight is 437 g/mol. The van der Waals surface area contributed by atoms with E-state index in [1.807, 2.05) is 0 Å². The van der Waals surface area contributed by atoms with Gasteiger partial charge in [0.25, 0.3) is 5.91 Å². The number of alkyl halides is 3. The van der Waals surface area contributed by atoms with Crippen molar-refractivity contribution >= 4 is 22.8 Å². The van der Waals surface area contributed by atoms with E-state index < -0.39 is 29.5 Å². The lowest BCUT2D eigenvalue weighted by Crippen LogP contribution is -2.48. The lowest BCUT2D eigenvalue weighted by atomic mass is 9.79. The summed E-state index contributed by atoms with van der Waals surface area (Å²) in [6.45, 7) is 0.0799. The molecule has 7 nitrogen and oxygen atoms in total. The molecule has 1 amide bonds. The van der Waals surface area contributed by atoms with Crippen LogP contribution in [-0.2, 0) is 6.54 Å². The lowest BCUT2D eigenvalue weighted by Gasteiger charge is -2.42. The standard InChI is InChI=1S/C20H19F4N5O2/c1-29(12-4-11(5-12)20(22,23)24)17-3-2-10(8-25-17)9-26-18(30)13-6-15-16(7-14(13)21)28-19(31)27-15/h2-3,6-8,11-12H,4-5,9H2,1H3,(H,26,30)(H2,27,28,31)/t11-,12+. The number of halogens is 4. The van der Waals surface area contributed by atoms with Crippen molar-refractivity contribution in [3.8, 4) is 0 Å². The fraction of sp³-hybridized carbons (Fsp3) is 0.350. The first kappa shape index (κ1) is 20.9. The molecule has 0 saturated heterocycles. The normalized spacial score (nSPS) is 18.6. The van der Waals surface area contributed by atoms with Crippen molar-refractivity contribution < 1.29 is 22.4 Å². The van der Waals surface area contributed by atoms with Gasteiger partial charge in [-0.3, -0.25) is 4.79 Å². The number of pyridine rings is 1. The first-order valence-electron chi connectivity index (χ1n) is 9.56. The highest BCUT2D eigenvalue weighted by Crippen LogP contribution is 2.43. The molecule has 1 fully saturated rings. The van der Waals surface area contributed by atoms with Crippen molar-refractivity contribution in [1.29, 1.82) is 0 Å². The van der Waals surface area contributed by atoms with Crippen molar-refractivity contribution in [1.82, 2.24) is 20.3 Å². The molecular formula is C20H19F4N5O2. The van der Waals surface area contributed by atoms with Crippen molar-refractivity contribution in [2.24, 2.45) is 5.92 Å². The Morgan fingerprint density at radius 1 is 1.23 bits per heavy atom. The Bertz CT molecular complexity index is 1160. The molecule has 0 radical (unpaired) electrons. The summed E-state index contributed by atoms with van der Waals surface area (Å²) in [7, 11) is 1.70. The summed E-state index contributed by atoms with van der Waals surface area (Å²) in [5, 5.41) is 2.58. The monoisotopic (exact) mass is 437 g/mol. The Morgan fingerprint density at radius 2 is 1.90 bits per heavy atom. The van der Waals surface area contributed by atoms with Gasteiger partial charge in [0, 0.05) is 31.9 Å². The molecule has 2 aromatic heterocycles. The Labute approximate surface area is 173 Å². The summed E-state index contributed by atoms with van der Waals surface area (Å²) in [5.41, 5.74) is 0.504. The van der Waals surface area contributed by atoms with Gasteiger partial charge in [0.05, 0.1) is 22.5 Å². The van der Waals surface area contributed by atoms with Gasteiger partial charge in [0.1, 0.15) is 11.6 Å². The van der Waals surface area contributed by atoms with E-state index in [9.17, 15) is 27.2 Å². The SMILES string of the molecule is CN(c1ccc(CNC(=O)c2cc3[nH]c(=O)[nH]c3cc2F)cn1)[C@H]1C[C@@H](C(F)(F)F)C1. The number of imidazole rings is 1. The molecular weight excluding hydrogens is 418 g/mol. The number of rotatable bonds is 5. The number of H-pyrrole nitrogens is 2. The summed E-state index contributed by atoms with van der Waals surface area (Å²) in [5.74, 6) is -2.16. The highest BCUT2D eigenvalue weighted by Gasteiger charge is 2.49. The number of aromatic nitrogens is 3. The average Bonchev–Trinajstić information content (AvgIpc) is 3.02. The molecule has 3 aromatic rings. The van der Waals surface area contributed by atoms with Gasteiger partial charge in [-0.2, -0.15) is 13.2 Å². The third-order valence-corrected chi connectivity index (χ3v) is 5.60. The van der Waals surface area contributed by atoms with Gasteiger partial charge >= 0.3 is 11.9 Å². The van der Waals surface area contributed by atoms with E-state index >= 15 is 0 Å². The van der Waals surface area contributed by atoms with Crippen LogP contribution in [-0.4, -0.2) is 40.1 Å². The second-order valence-corrected chi connectivity index (χ2v) is 7.64. The largest absolute Gasteiger partial charge is 0.391 e. The molecule has 2 heterocycles. The Morgan fingerprint density at radius 3 is 2.52 bits per heavy atom. The number of aromatic amines is 2. The number of nitrogens with one attached hydrogen (secondary N) is 3. The van der Waals surface area contributed by atoms with E-state index in [0.717, 1.165) is 6.07 Å². The number of benzene rings is 1. The highest BCUT2D eigenvalue weighted by atomic mass is 19.4. The van der Waals surface area contributed by atoms with Crippen LogP contribution in [0.2, 0.25) is 0 Å². The zero-order valence-electron chi connectivity index (χ0n) is 16.4. The zero-order valence-corrected chi connectivity index (χ0v) is 16.4. The maximum absolute atomic E-state index is 14.2. The second kappa shape index (κ2) is 7.71. The fourth-order valence-electron chi connectivity index (χ4n) is 3.60. The van der Waals surface area contributed by atoms with Gasteiger partial charge in [0.2, 0.25) is 0 Å². The molecule has 1 saturated carbocycles. The molecule has 0 unspecified atom stereocenters. The Hall–Kier alpha value is -3.37. The molecule has 1 aliphatic rings. The third kappa shape index (κ3) is 4.25. The molecule has 3 N–H and O–H groups in total. The van der Waals surface area contributed by atoms with E-state index in [-0.39, 0.29) is 36.5 Å². The number of fused-ring (bicyclic) bond motifs is 1. The number of hydrogen-bond acceptors (Lipinski definition) is 4. The molecule has 0 atom stereocenters. The van der Waals surface area contributed by atoms with E-state index in [1.165, 1.54) is 12.3 Å². The maximum atomic E-state index is 14.2. The first-order valence-corrected chi connectivity index (χ1v) is 9.56. The van der Waals surface area contributed by atoms with E-state index in [0.29, 0.717) is 16.9 Å². The van der Waals surface area contributed by atoms with Gasteiger partial charge in [0.15, 0.2) is 0 Å². The molecule has 1 aliphatic carbocycles. The smallest absolute Gasteiger partial charge is 0.357 e. The van der Waals surface area contributed by atoms with Crippen LogP contribution in [0.25, 0.3) is 11.0 Å². The third-order valence-electron chi connectivity index (χ3n) is 5.60. The molecule has 0 spiro atoms. The Kier molecular flexibility index (Phi) is 5.19. The van der Waals surface area contributed by atoms with Crippen LogP contribution in [0.1, 0.15) is 28.8 Å². The number of amides is 1. The van der Waals surface area contributed by atoms with Crippen molar-refractivity contribution in [2.45, 2.75) is 31.6 Å². The van der Waals surface area contributed by atoms with Crippen LogP contribution in [0.4, 0.5) is 23.4 Å². The van der Waals surface area contributed by atoms with Gasteiger partial charge in [-0.25, -0.2) is 14.2 Å². The van der Waals surface area contributed by atoms with Crippen molar-refractivity contribution in [3.63, 3.8) is 0 Å². The van der Waals surface area contributed by atoms with Crippen LogP contribution in [0.5, 0.6) is 0 Å². The second-order valence-electron chi connectivity index (χ2n) is 7.64. The van der Waals surface area contributed by atoms with E-state index in [1.54, 1.807) is 24.1 Å². The maximum Gasteiger partial charge on any atom is 0.391 e. The predicted octanol–water partition coefficient (Wildman–Crippen LogP) is 3.10. The van der Waals surface area contributed by atoms with E-state index in [2.05, 4.69) is 20.3 Å². The molecule has 4 rings (SSSR count). The molecule has 0 bridgehead atoms. The topological polar surface area (TPSA) is 93.9 Å². The lowest BCUT2D eigenvalue weighted by molar-refractivity contribution is -0.196. The fourth-order valence-corrected chi connectivity index (χ4v) is 3.60. The van der Waals surface area contributed by atoms with E-state index in [4.69, 9.17) is 0 Å². The summed E-state index contributed by atoms with van der Waals surface area (Å²) in [4.78, 5) is 34.5. The summed E-state index contributed by atoms with van der Waals surface area (Å²) < 4.78 is 52.2. The van der Waals surface area contributed by atoms with Crippen LogP contribution >= 0.6 is 0 Å². The molecule has 164 valence electrons. The number of hydrogen-bond donors (Lipinski definition) is 3. The van der Waals surface area contributed by atoms with Crippen molar-refractivity contribution in [2.75, 3.05) is 11.9 Å². The zero-order chi connectivity index (χ0) is 22.3. The van der Waals surface area contributed by atoms with Crippen molar-refractivity contribution in [3.05, 3.63) is 57.9 Å². The molecule has 11 heteroatoms. The number of nitrogens with zero attached hydrogens (tertiary/aromatic N) is 2. The minimum atomic E-state index is -4.16. The van der Waals surface area contributed by atoms with Crippen LogP contribution in [0, 0.1) is 11.7 Å². The van der Waals surface area contributed by atoms with Crippen LogP contribution in [0.15, 0.2) is 35.3 Å². The van der Waals surface area contributed by atoms with Crippen LogP contribution < -0.4 is 15.9 Å². The van der Waals surface area contributed by atoms with Crippen LogP contribution in [0.3, 0.4) is 0 Å². The summed E-state index contributed by atoms with van der Waals surface area (Å²) in [6, 6.07) is 5.46. The first-order chi connectivity index (χ1) is 14.6. The molecule has 0 aliphatic heterocycles. The predicted molar refractivity (Wildman–Crippen MR) is 105 cm³/mol. The number of carbonyl (C=O) groups is 1. The summed E-state index contributed by atoms with van der Waals surface area (Å²) >= 11 is 0. The van der Waals surface area contributed by atoms with Gasteiger partial charge in [-0.05, 0) is 30.5 Å². The minimum Gasteiger partial charge on any atom is -0.357 e. The Balaban J connectivity index is 1.36. The van der Waals surface area contributed by atoms with Gasteiger partial charge in [-0.15, -0.1) is 0 Å². The number of anilines is 1. The number of carbonyl (C=O) groups excluding carboxylic acids is 1. The van der Waals surface area contributed by atoms with Gasteiger partial charge < -0.3 is 20.2 Å². The molecule has 31 heavy (non-hydrogen) atoms. The highest BCUT2D eigenvalue weighted by molar-refractivity contribution is 5.97. The quantitative estimate of drug-likeness (QED) is 0.535. The minimum absolute atomic E-state index is 0.0435. The molecule has 1 aromatic carbocycles. The summed E-state index contributed by atoms with van der Waals surface area (Å²) in [6.07, 6.45) is -2.56. The van der Waals surface area contributed by atoms with Gasteiger partial charge in [-0.1, -0.05) is 6.07 Å².